The first-order valence-electron chi connectivity index (χ1n) is 10.1. The van der Waals surface area contributed by atoms with Crippen molar-refractivity contribution in [1.82, 2.24) is 15.2 Å². The van der Waals surface area contributed by atoms with Crippen LogP contribution in [-0.2, 0) is 11.0 Å². The lowest BCUT2D eigenvalue weighted by molar-refractivity contribution is -0.138. The Kier molecular flexibility index (Phi) is 6.63. The normalized spacial score (nSPS) is 24.4. The highest BCUT2D eigenvalue weighted by atomic mass is 35.5. The van der Waals surface area contributed by atoms with Crippen LogP contribution < -0.4 is 10.2 Å². The summed E-state index contributed by atoms with van der Waals surface area (Å²) in [6, 6.07) is 2.37. The topological polar surface area (TPSA) is 48.5 Å². The number of hydrogen-bond donors (Lipinski definition) is 1. The zero-order chi connectivity index (χ0) is 19.8. The molecule has 5 nitrogen and oxygen atoms in total. The van der Waals surface area contributed by atoms with Crippen LogP contribution in [0.4, 0.5) is 19.0 Å². The van der Waals surface area contributed by atoms with Crippen LogP contribution >= 0.6 is 12.4 Å². The quantitative estimate of drug-likeness (QED) is 0.778. The zero-order valence-corrected chi connectivity index (χ0v) is 17.2. The van der Waals surface area contributed by atoms with Crippen LogP contribution in [0.1, 0.15) is 37.7 Å². The number of carbonyl (C=O) groups excluding carboxylic acids is 1. The Morgan fingerprint density at radius 2 is 1.97 bits per heavy atom. The van der Waals surface area contributed by atoms with Crippen molar-refractivity contribution in [2.45, 2.75) is 38.3 Å². The molecule has 0 bridgehead atoms. The highest BCUT2D eigenvalue weighted by Crippen LogP contribution is 2.39. The van der Waals surface area contributed by atoms with E-state index in [1.54, 1.807) is 4.90 Å². The van der Waals surface area contributed by atoms with Gasteiger partial charge in [0.25, 0.3) is 0 Å². The molecule has 3 aliphatic rings. The zero-order valence-electron chi connectivity index (χ0n) is 16.4. The molecule has 3 aliphatic heterocycles. The third-order valence-electron chi connectivity index (χ3n) is 6.63. The third kappa shape index (κ3) is 4.63. The average Bonchev–Trinajstić information content (AvgIpc) is 3.15. The van der Waals surface area contributed by atoms with Gasteiger partial charge >= 0.3 is 6.18 Å². The summed E-state index contributed by atoms with van der Waals surface area (Å²) in [6.45, 7) is 4.41. The molecule has 29 heavy (non-hydrogen) atoms. The molecule has 4 rings (SSSR count). The third-order valence-corrected chi connectivity index (χ3v) is 6.63. The maximum absolute atomic E-state index is 13.3. The minimum atomic E-state index is -4.45. The van der Waals surface area contributed by atoms with E-state index in [1.165, 1.54) is 18.7 Å². The summed E-state index contributed by atoms with van der Waals surface area (Å²) in [5, 5.41) is 3.42. The van der Waals surface area contributed by atoms with Gasteiger partial charge in [-0.15, -0.1) is 12.4 Å². The summed E-state index contributed by atoms with van der Waals surface area (Å²) in [7, 11) is 0. The van der Waals surface area contributed by atoms with Crippen molar-refractivity contribution in [3.63, 3.8) is 0 Å². The van der Waals surface area contributed by atoms with Crippen molar-refractivity contribution in [3.8, 4) is 0 Å². The van der Waals surface area contributed by atoms with Crippen LogP contribution in [0.5, 0.6) is 0 Å². The Balaban J connectivity index is 0.00000240. The van der Waals surface area contributed by atoms with Crippen molar-refractivity contribution in [3.05, 3.63) is 23.9 Å². The fourth-order valence-corrected chi connectivity index (χ4v) is 4.92. The molecule has 162 valence electrons. The van der Waals surface area contributed by atoms with Gasteiger partial charge in [-0.05, 0) is 56.2 Å². The highest BCUT2D eigenvalue weighted by Gasteiger charge is 2.41. The fraction of sp³-hybridized carbons (Fsp3) is 0.700. The summed E-state index contributed by atoms with van der Waals surface area (Å²) in [5.41, 5.74) is -0.387. The Labute approximate surface area is 175 Å². The molecule has 1 amide bonds. The largest absolute Gasteiger partial charge is 0.419 e. The number of alkyl halides is 3. The second-order valence-electron chi connectivity index (χ2n) is 8.41. The maximum Gasteiger partial charge on any atom is 0.419 e. The number of piperidine rings is 2. The monoisotopic (exact) mass is 432 g/mol. The van der Waals surface area contributed by atoms with Crippen LogP contribution in [0.15, 0.2) is 18.3 Å². The summed E-state index contributed by atoms with van der Waals surface area (Å²) < 4.78 is 40.0. The molecule has 1 N–H and O–H groups in total. The second kappa shape index (κ2) is 8.68. The molecule has 4 heterocycles. The lowest BCUT2D eigenvalue weighted by atomic mass is 9.77. The van der Waals surface area contributed by atoms with Gasteiger partial charge in [-0.25, -0.2) is 4.98 Å². The number of carbonyl (C=O) groups is 1. The smallest absolute Gasteiger partial charge is 0.355 e. The van der Waals surface area contributed by atoms with Crippen LogP contribution in [0, 0.1) is 11.3 Å². The molecular weight excluding hydrogens is 405 g/mol. The van der Waals surface area contributed by atoms with Crippen LogP contribution in [0.25, 0.3) is 0 Å². The SMILES string of the molecule is Cl.O=C(C1CCCN(c2ncccc2C(F)(F)F)C1)N1CCC2(CCNC2)CC1. The van der Waals surface area contributed by atoms with Gasteiger partial charge in [0.1, 0.15) is 5.82 Å². The Morgan fingerprint density at radius 1 is 1.21 bits per heavy atom. The number of likely N-dealkylation sites (tertiary alicyclic amines) is 1. The van der Waals surface area contributed by atoms with Crippen LogP contribution in [-0.4, -0.2) is 55.1 Å². The molecule has 1 aromatic rings. The van der Waals surface area contributed by atoms with E-state index in [0.29, 0.717) is 24.9 Å². The molecule has 9 heteroatoms. The molecule has 3 saturated heterocycles. The van der Waals surface area contributed by atoms with Gasteiger partial charge < -0.3 is 15.1 Å². The first-order chi connectivity index (χ1) is 13.4. The summed E-state index contributed by atoms with van der Waals surface area (Å²) in [6.07, 6.45) is 1.57. The predicted molar refractivity (Wildman–Crippen MR) is 107 cm³/mol. The Hall–Kier alpha value is -1.54. The van der Waals surface area contributed by atoms with Crippen LogP contribution in [0.2, 0.25) is 0 Å². The number of nitrogens with one attached hydrogen (secondary N) is 1. The van der Waals surface area contributed by atoms with Gasteiger partial charge in [-0.1, -0.05) is 0 Å². The van der Waals surface area contributed by atoms with Crippen molar-refractivity contribution in [2.75, 3.05) is 44.2 Å². The molecule has 1 unspecified atom stereocenters. The van der Waals surface area contributed by atoms with Gasteiger partial charge in [0.05, 0.1) is 11.5 Å². The average molecular weight is 433 g/mol. The Morgan fingerprint density at radius 3 is 2.62 bits per heavy atom. The molecule has 1 atom stereocenters. The molecule has 1 aromatic heterocycles. The van der Waals surface area contributed by atoms with Crippen molar-refractivity contribution < 1.29 is 18.0 Å². The minimum Gasteiger partial charge on any atom is -0.355 e. The molecular formula is C20H28ClF3N4O. The number of aromatic nitrogens is 1. The minimum absolute atomic E-state index is 0. The molecule has 3 fully saturated rings. The predicted octanol–water partition coefficient (Wildman–Crippen LogP) is 3.34. The second-order valence-corrected chi connectivity index (χ2v) is 8.41. The summed E-state index contributed by atoms with van der Waals surface area (Å²) in [4.78, 5) is 20.6. The van der Waals surface area contributed by atoms with E-state index in [4.69, 9.17) is 0 Å². The molecule has 0 aliphatic carbocycles. The fourth-order valence-electron chi connectivity index (χ4n) is 4.92. The number of nitrogens with zero attached hydrogens (tertiary/aromatic N) is 3. The lowest BCUT2D eigenvalue weighted by Crippen LogP contribution is -2.49. The Bertz CT molecular complexity index is 714. The van der Waals surface area contributed by atoms with Crippen molar-refractivity contribution in [2.24, 2.45) is 11.3 Å². The maximum atomic E-state index is 13.3. The van der Waals surface area contributed by atoms with E-state index in [0.717, 1.165) is 51.5 Å². The van der Waals surface area contributed by atoms with Gasteiger partial charge in [0.2, 0.25) is 5.91 Å². The first-order valence-corrected chi connectivity index (χ1v) is 10.1. The van der Waals surface area contributed by atoms with Gasteiger partial charge in [-0.2, -0.15) is 13.2 Å². The summed E-state index contributed by atoms with van der Waals surface area (Å²) >= 11 is 0. The highest BCUT2D eigenvalue weighted by molar-refractivity contribution is 5.85. The van der Waals surface area contributed by atoms with Gasteiger partial charge in [0.15, 0.2) is 0 Å². The van der Waals surface area contributed by atoms with E-state index in [1.807, 2.05) is 4.90 Å². The molecule has 0 radical (unpaired) electrons. The van der Waals surface area contributed by atoms with Crippen LogP contribution in [0.3, 0.4) is 0 Å². The summed E-state index contributed by atoms with van der Waals surface area (Å²) in [5.74, 6) is -0.218. The molecule has 0 saturated carbocycles. The number of pyridine rings is 1. The standard InChI is InChI=1S/C20H27F3N4O.ClH/c21-20(22,23)16-4-1-8-25-17(16)27-10-2-3-15(13-27)18(28)26-11-6-19(7-12-26)5-9-24-14-19;/h1,4,8,15,24H,2-3,5-7,9-14H2;1H. The number of rotatable bonds is 2. The van der Waals surface area contributed by atoms with Gasteiger partial charge in [-0.3, -0.25) is 4.79 Å². The number of amides is 1. The van der Waals surface area contributed by atoms with E-state index in [2.05, 4.69) is 10.3 Å². The molecule has 0 aromatic carbocycles. The van der Waals surface area contributed by atoms with E-state index in [-0.39, 0.29) is 30.0 Å². The van der Waals surface area contributed by atoms with E-state index in [9.17, 15) is 18.0 Å². The number of hydrogen-bond acceptors (Lipinski definition) is 4. The number of anilines is 1. The molecule has 1 spiro atoms. The van der Waals surface area contributed by atoms with E-state index >= 15 is 0 Å². The van der Waals surface area contributed by atoms with E-state index < -0.39 is 11.7 Å². The van der Waals surface area contributed by atoms with Gasteiger partial charge in [0, 0.05) is 38.9 Å². The first kappa shape index (κ1) is 22.2. The van der Waals surface area contributed by atoms with Crippen molar-refractivity contribution in [1.29, 1.82) is 0 Å². The lowest BCUT2D eigenvalue weighted by Gasteiger charge is -2.41. The van der Waals surface area contributed by atoms with Crippen molar-refractivity contribution >= 4 is 24.1 Å². The number of halogens is 4.